The van der Waals surface area contributed by atoms with Crippen molar-refractivity contribution in [2.75, 3.05) is 25.6 Å². The van der Waals surface area contributed by atoms with Crippen molar-refractivity contribution in [2.24, 2.45) is 0 Å². The minimum Gasteiger partial charge on any atom is -0.497 e. The van der Waals surface area contributed by atoms with Crippen LogP contribution in [0, 0.1) is 0 Å². The molecule has 156 valence electrons. The Morgan fingerprint density at radius 2 is 1.45 bits per heavy atom. The van der Waals surface area contributed by atoms with Gasteiger partial charge in [-0.05, 0) is 41.5 Å². The van der Waals surface area contributed by atoms with Gasteiger partial charge in [0, 0.05) is 11.3 Å². The van der Waals surface area contributed by atoms with Gasteiger partial charge in [-0.25, -0.2) is 4.79 Å². The van der Waals surface area contributed by atoms with Crippen LogP contribution in [-0.2, 0) is 20.8 Å². The van der Waals surface area contributed by atoms with Gasteiger partial charge in [-0.1, -0.05) is 24.3 Å². The highest BCUT2D eigenvalue weighted by Crippen LogP contribution is 2.15. The zero-order valence-corrected chi connectivity index (χ0v) is 16.8. The first-order valence-electron chi connectivity index (χ1n) is 9.06. The van der Waals surface area contributed by atoms with Crippen molar-refractivity contribution in [1.29, 1.82) is 0 Å². The highest BCUT2D eigenvalue weighted by Gasteiger charge is 2.06. The van der Waals surface area contributed by atoms with Crippen LogP contribution in [0.15, 0.2) is 54.1 Å². The second-order valence-electron chi connectivity index (χ2n) is 6.19. The summed E-state index contributed by atoms with van der Waals surface area (Å²) in [5.41, 5.74) is 2.49. The molecule has 0 bridgehead atoms. The second-order valence-corrected chi connectivity index (χ2v) is 6.19. The molecule has 2 aromatic carbocycles. The first kappa shape index (κ1) is 23.6. The number of nitrogens with one attached hydrogen (secondary N) is 1. The summed E-state index contributed by atoms with van der Waals surface area (Å²) in [5, 5.41) is 2.62. The van der Waals surface area contributed by atoms with Crippen LogP contribution in [0.5, 0.6) is 5.75 Å². The second kappa shape index (κ2) is 12.1. The number of amides is 1. The number of hydrogen-bond donors (Lipinski definition) is 1. The first-order valence-corrected chi connectivity index (χ1v) is 9.06. The third kappa shape index (κ3) is 9.12. The Kier molecular flexibility index (Phi) is 9.22. The van der Waals surface area contributed by atoms with Crippen LogP contribution in [0.25, 0.3) is 6.08 Å². The van der Waals surface area contributed by atoms with E-state index in [-0.39, 0.29) is 19.8 Å². The lowest BCUT2D eigenvalue weighted by molar-refractivity contribution is 0.155. The first-order chi connectivity index (χ1) is 14.9. The standard InChI is InChI=1S/C21H19B2NO7/c1-28-18-8-4-15(5-9-18)11-31-21(27)24-17-6-2-14(3-7-17)10-16(12-29-19(22)25)13-30-20(23)26/h2-10H,11-13H2,1H3,(H,24,27). The Morgan fingerprint density at radius 1 is 0.871 bits per heavy atom. The number of carbonyl (C=O) groups is 3. The van der Waals surface area contributed by atoms with Gasteiger partial charge in [-0.15, -0.1) is 0 Å². The summed E-state index contributed by atoms with van der Waals surface area (Å²) in [7, 11) is 11.5. The van der Waals surface area contributed by atoms with Crippen molar-refractivity contribution in [3.05, 3.63) is 65.2 Å². The lowest BCUT2D eigenvalue weighted by Crippen LogP contribution is -2.13. The number of ether oxygens (including phenoxy) is 4. The van der Waals surface area contributed by atoms with Crippen LogP contribution < -0.4 is 10.1 Å². The van der Waals surface area contributed by atoms with Gasteiger partial charge in [0.2, 0.25) is 27.4 Å². The number of hydrogen-bond acceptors (Lipinski definition) is 7. The van der Waals surface area contributed by atoms with Crippen LogP contribution >= 0.6 is 0 Å². The number of methoxy groups -OCH3 is 1. The molecule has 0 fully saturated rings. The fraction of sp³-hybridized carbons (Fsp3) is 0.190. The normalized spacial score (nSPS) is 9.84. The molecule has 0 spiro atoms. The summed E-state index contributed by atoms with van der Waals surface area (Å²) >= 11 is 0. The number of rotatable bonds is 9. The molecule has 1 N–H and O–H groups in total. The third-order valence-electron chi connectivity index (χ3n) is 3.86. The quantitative estimate of drug-likeness (QED) is 0.491. The van der Waals surface area contributed by atoms with Crippen LogP contribution in [0.1, 0.15) is 11.1 Å². The monoisotopic (exact) mass is 419 g/mol. The molecule has 31 heavy (non-hydrogen) atoms. The lowest BCUT2D eigenvalue weighted by atomic mass is 10.1. The van der Waals surface area contributed by atoms with E-state index in [0.29, 0.717) is 22.6 Å². The van der Waals surface area contributed by atoms with Crippen molar-refractivity contribution < 1.29 is 33.3 Å². The summed E-state index contributed by atoms with van der Waals surface area (Å²) in [6.45, 7) is -0.222. The van der Waals surface area contributed by atoms with Crippen molar-refractivity contribution >= 4 is 45.3 Å². The van der Waals surface area contributed by atoms with Gasteiger partial charge in [-0.3, -0.25) is 14.9 Å². The largest absolute Gasteiger partial charge is 0.497 e. The molecule has 0 saturated heterocycles. The van der Waals surface area contributed by atoms with Crippen LogP contribution in [0.4, 0.5) is 20.1 Å². The van der Waals surface area contributed by atoms with E-state index in [1.54, 1.807) is 61.7 Å². The molecule has 8 nitrogen and oxygen atoms in total. The van der Waals surface area contributed by atoms with E-state index in [1.165, 1.54) is 0 Å². The molecule has 0 aromatic heterocycles. The fourth-order valence-electron chi connectivity index (χ4n) is 2.38. The van der Waals surface area contributed by atoms with E-state index in [9.17, 15) is 14.4 Å². The van der Waals surface area contributed by atoms with Gasteiger partial charge in [0.25, 0.3) is 0 Å². The minimum absolute atomic E-state index is 0.111. The van der Waals surface area contributed by atoms with E-state index in [2.05, 4.69) is 5.32 Å². The third-order valence-corrected chi connectivity index (χ3v) is 3.86. The van der Waals surface area contributed by atoms with Crippen molar-refractivity contribution in [2.45, 2.75) is 6.61 Å². The number of benzene rings is 2. The number of carbonyl (C=O) groups excluding carboxylic acids is 3. The predicted octanol–water partition coefficient (Wildman–Crippen LogP) is 3.44. The Labute approximate surface area is 182 Å². The number of anilines is 1. The van der Waals surface area contributed by atoms with E-state index in [1.807, 2.05) is 0 Å². The molecule has 0 heterocycles. The molecule has 2 aromatic rings. The maximum Gasteiger partial charge on any atom is 0.411 e. The SMILES string of the molecule is [B]C(=O)OCC(=Cc1ccc(NC(=O)OCc2ccc(OC)cc2)cc1)COC([B])=O. The van der Waals surface area contributed by atoms with E-state index in [4.69, 9.17) is 34.6 Å². The Bertz CT molecular complexity index is 908. The zero-order chi connectivity index (χ0) is 22.6. The lowest BCUT2D eigenvalue weighted by Gasteiger charge is -2.10. The van der Waals surface area contributed by atoms with Crippen LogP contribution in [-0.4, -0.2) is 53.8 Å². The van der Waals surface area contributed by atoms with E-state index >= 15 is 0 Å². The summed E-state index contributed by atoms with van der Waals surface area (Å²) in [4.78, 5) is 33.6. The molecule has 0 aliphatic rings. The summed E-state index contributed by atoms with van der Waals surface area (Å²) in [6.07, 6.45) is 1.03. The molecule has 0 saturated carbocycles. The van der Waals surface area contributed by atoms with Crippen molar-refractivity contribution in [1.82, 2.24) is 0 Å². The van der Waals surface area contributed by atoms with Gasteiger partial charge >= 0.3 is 6.09 Å². The highest BCUT2D eigenvalue weighted by molar-refractivity contribution is 6.55. The van der Waals surface area contributed by atoms with Crippen LogP contribution in [0.2, 0.25) is 0 Å². The summed E-state index contributed by atoms with van der Waals surface area (Å²) in [6, 6.07) is 13.9. The zero-order valence-electron chi connectivity index (χ0n) is 16.8. The Hall–Kier alpha value is -3.68. The van der Waals surface area contributed by atoms with Gasteiger partial charge < -0.3 is 18.9 Å². The Balaban J connectivity index is 1.92. The van der Waals surface area contributed by atoms with Gasteiger partial charge in [-0.2, -0.15) is 0 Å². The summed E-state index contributed by atoms with van der Waals surface area (Å²) < 4.78 is 19.7. The van der Waals surface area contributed by atoms with E-state index < -0.39 is 17.8 Å². The van der Waals surface area contributed by atoms with Gasteiger partial charge in [0.1, 0.15) is 25.6 Å². The molecular weight excluding hydrogens is 400 g/mol. The molecule has 0 aliphatic heterocycles. The molecule has 1 amide bonds. The molecule has 0 aliphatic carbocycles. The van der Waals surface area contributed by atoms with Crippen LogP contribution in [0.3, 0.4) is 0 Å². The highest BCUT2D eigenvalue weighted by atomic mass is 16.6. The average molecular weight is 419 g/mol. The maximum absolute atomic E-state index is 12.0. The molecule has 10 heteroatoms. The average Bonchev–Trinajstić information content (AvgIpc) is 2.75. The molecule has 0 atom stereocenters. The van der Waals surface area contributed by atoms with Crippen molar-refractivity contribution in [3.8, 4) is 5.75 Å². The van der Waals surface area contributed by atoms with E-state index in [0.717, 1.165) is 5.56 Å². The molecular formula is C21H19B2NO7. The summed E-state index contributed by atoms with van der Waals surface area (Å²) in [5.74, 6) is -1.21. The topological polar surface area (TPSA) is 100 Å². The molecule has 4 radical (unpaired) electrons. The van der Waals surface area contributed by atoms with Gasteiger partial charge in [0.15, 0.2) is 0 Å². The van der Waals surface area contributed by atoms with Gasteiger partial charge in [0.05, 0.1) is 7.11 Å². The maximum atomic E-state index is 12.0. The smallest absolute Gasteiger partial charge is 0.411 e. The minimum atomic E-state index is -0.960. The predicted molar refractivity (Wildman–Crippen MR) is 115 cm³/mol. The molecule has 0 unspecified atom stereocenters. The fourth-order valence-corrected chi connectivity index (χ4v) is 2.38. The van der Waals surface area contributed by atoms with Crippen molar-refractivity contribution in [3.63, 3.8) is 0 Å². The Morgan fingerprint density at radius 3 is 1.97 bits per heavy atom. The molecule has 2 rings (SSSR count).